The van der Waals surface area contributed by atoms with E-state index in [0.717, 1.165) is 4.57 Å². The smallest absolute Gasteiger partial charge is 0.320 e. The summed E-state index contributed by atoms with van der Waals surface area (Å²) in [6, 6.07) is 4.12. The Balaban J connectivity index is 2.14. The van der Waals surface area contributed by atoms with Crippen LogP contribution >= 0.6 is 11.6 Å². The molecular weight excluding hydrogens is 338 g/mol. The highest BCUT2D eigenvalue weighted by molar-refractivity contribution is 6.31. The molecule has 24 heavy (non-hydrogen) atoms. The van der Waals surface area contributed by atoms with Crippen molar-refractivity contribution in [3.8, 4) is 0 Å². The van der Waals surface area contributed by atoms with Gasteiger partial charge in [0.2, 0.25) is 0 Å². The fourth-order valence-electron chi connectivity index (χ4n) is 2.48. The summed E-state index contributed by atoms with van der Waals surface area (Å²) >= 11 is 6.09. The third-order valence-corrected chi connectivity index (χ3v) is 4.16. The van der Waals surface area contributed by atoms with Crippen LogP contribution in [0.1, 0.15) is 5.56 Å². The molecule has 0 saturated heterocycles. The number of hydrogen-bond donors (Lipinski definition) is 0. The Labute approximate surface area is 139 Å². The lowest BCUT2D eigenvalue weighted by molar-refractivity contribution is -0.384. The summed E-state index contributed by atoms with van der Waals surface area (Å²) in [6.07, 6.45) is 1.43. The molecule has 0 amide bonds. The van der Waals surface area contributed by atoms with Crippen molar-refractivity contribution >= 4 is 28.5 Å². The van der Waals surface area contributed by atoms with Gasteiger partial charge >= 0.3 is 5.69 Å². The van der Waals surface area contributed by atoms with Crippen LogP contribution in [0.4, 0.5) is 5.69 Å². The van der Waals surface area contributed by atoms with Crippen LogP contribution in [0.15, 0.2) is 34.1 Å². The van der Waals surface area contributed by atoms with Crippen molar-refractivity contribution in [2.45, 2.75) is 6.54 Å². The number of halogens is 1. The summed E-state index contributed by atoms with van der Waals surface area (Å²) in [7, 11) is 2.92. The van der Waals surface area contributed by atoms with Crippen LogP contribution in [0, 0.1) is 10.1 Å². The zero-order chi connectivity index (χ0) is 17.6. The molecule has 0 aliphatic carbocycles. The summed E-state index contributed by atoms with van der Waals surface area (Å²) in [4.78, 5) is 38.6. The van der Waals surface area contributed by atoms with E-state index in [0.29, 0.717) is 5.56 Å². The number of imidazole rings is 1. The lowest BCUT2D eigenvalue weighted by Crippen LogP contribution is -2.37. The Morgan fingerprint density at radius 1 is 1.25 bits per heavy atom. The lowest BCUT2D eigenvalue weighted by Gasteiger charge is -2.08. The number of hydrogen-bond acceptors (Lipinski definition) is 5. The highest BCUT2D eigenvalue weighted by atomic mass is 35.5. The minimum Gasteiger partial charge on any atom is -0.320 e. The van der Waals surface area contributed by atoms with Gasteiger partial charge in [-0.1, -0.05) is 11.6 Å². The zero-order valence-corrected chi connectivity index (χ0v) is 13.5. The highest BCUT2D eigenvalue weighted by Crippen LogP contribution is 2.23. The van der Waals surface area contributed by atoms with E-state index in [1.54, 1.807) is 4.57 Å². The highest BCUT2D eigenvalue weighted by Gasteiger charge is 2.16. The number of nitro groups is 1. The molecule has 3 aromatic rings. The molecule has 0 fully saturated rings. The molecule has 0 spiro atoms. The second kappa shape index (κ2) is 5.60. The van der Waals surface area contributed by atoms with Crippen LogP contribution in [-0.2, 0) is 20.6 Å². The van der Waals surface area contributed by atoms with Crippen molar-refractivity contribution in [1.29, 1.82) is 0 Å². The van der Waals surface area contributed by atoms with Crippen molar-refractivity contribution in [3.63, 3.8) is 0 Å². The van der Waals surface area contributed by atoms with Gasteiger partial charge in [-0.05, 0) is 11.6 Å². The molecule has 9 nitrogen and oxygen atoms in total. The summed E-state index contributed by atoms with van der Waals surface area (Å²) in [5.41, 5.74) is 0.0694. The average molecular weight is 350 g/mol. The first-order chi connectivity index (χ1) is 11.3. The Hall–Kier alpha value is -2.94. The van der Waals surface area contributed by atoms with E-state index in [1.165, 1.54) is 43.2 Å². The summed E-state index contributed by atoms with van der Waals surface area (Å²) in [5.74, 6) is 0. The minimum atomic E-state index is -0.534. The number of rotatable bonds is 3. The summed E-state index contributed by atoms with van der Waals surface area (Å²) in [6.45, 7) is 0.195. The number of aryl methyl sites for hydroxylation is 1. The number of non-ortho nitro benzene ring substituents is 1. The van der Waals surface area contributed by atoms with Crippen LogP contribution in [-0.4, -0.2) is 23.6 Å². The van der Waals surface area contributed by atoms with E-state index in [2.05, 4.69) is 4.98 Å². The van der Waals surface area contributed by atoms with Crippen molar-refractivity contribution in [2.24, 2.45) is 14.1 Å². The molecule has 0 bridgehead atoms. The molecule has 2 aromatic heterocycles. The molecule has 10 heteroatoms. The maximum atomic E-state index is 12.4. The summed E-state index contributed by atoms with van der Waals surface area (Å²) in [5, 5.41) is 11.0. The van der Waals surface area contributed by atoms with E-state index < -0.39 is 16.2 Å². The molecule has 0 saturated carbocycles. The van der Waals surface area contributed by atoms with E-state index in [4.69, 9.17) is 11.6 Å². The fraction of sp³-hybridized carbons (Fsp3) is 0.214. The van der Waals surface area contributed by atoms with E-state index in [1.807, 2.05) is 0 Å². The maximum absolute atomic E-state index is 12.4. The van der Waals surface area contributed by atoms with Crippen LogP contribution in [0.3, 0.4) is 0 Å². The first kappa shape index (κ1) is 15.9. The van der Waals surface area contributed by atoms with Gasteiger partial charge in [-0.25, -0.2) is 9.78 Å². The van der Waals surface area contributed by atoms with Gasteiger partial charge < -0.3 is 4.57 Å². The zero-order valence-electron chi connectivity index (χ0n) is 12.8. The molecule has 0 radical (unpaired) electrons. The summed E-state index contributed by atoms with van der Waals surface area (Å²) < 4.78 is 3.84. The second-order valence-electron chi connectivity index (χ2n) is 5.28. The van der Waals surface area contributed by atoms with Crippen molar-refractivity contribution < 1.29 is 4.92 Å². The molecule has 0 unspecified atom stereocenters. The monoisotopic (exact) mass is 349 g/mol. The van der Waals surface area contributed by atoms with Gasteiger partial charge in [-0.3, -0.25) is 24.0 Å². The van der Waals surface area contributed by atoms with Crippen LogP contribution in [0.25, 0.3) is 11.2 Å². The standard InChI is InChI=1S/C14H12ClN5O4/c1-17-12-11(13(21)18(2)14(17)22)19(7-16-12)6-8-3-4-9(20(23)24)5-10(8)15/h3-5,7H,6H2,1-2H3. The van der Waals surface area contributed by atoms with E-state index in [-0.39, 0.29) is 28.4 Å². The molecule has 0 aliphatic rings. The Kier molecular flexibility index (Phi) is 3.72. The van der Waals surface area contributed by atoms with Crippen molar-refractivity contribution in [1.82, 2.24) is 18.7 Å². The molecule has 0 N–H and O–H groups in total. The second-order valence-corrected chi connectivity index (χ2v) is 5.69. The molecule has 0 atom stereocenters. The molecule has 0 aliphatic heterocycles. The number of benzene rings is 1. The van der Waals surface area contributed by atoms with Gasteiger partial charge in [0.25, 0.3) is 11.2 Å². The van der Waals surface area contributed by atoms with Crippen LogP contribution < -0.4 is 11.2 Å². The Morgan fingerprint density at radius 3 is 2.58 bits per heavy atom. The predicted octanol–water partition coefficient (Wildman–Crippen LogP) is 1.04. The third kappa shape index (κ3) is 2.38. The third-order valence-electron chi connectivity index (χ3n) is 3.81. The Bertz CT molecular complexity index is 1090. The molecule has 3 rings (SSSR count). The minimum absolute atomic E-state index is 0.113. The van der Waals surface area contributed by atoms with Crippen molar-refractivity contribution in [3.05, 3.63) is 66.1 Å². The molecule has 2 heterocycles. The average Bonchev–Trinajstić information content (AvgIpc) is 2.96. The quantitative estimate of drug-likeness (QED) is 0.519. The first-order valence-electron chi connectivity index (χ1n) is 6.85. The van der Waals surface area contributed by atoms with Crippen LogP contribution in [0.2, 0.25) is 5.02 Å². The van der Waals surface area contributed by atoms with Gasteiger partial charge in [0.1, 0.15) is 0 Å². The molecule has 1 aromatic carbocycles. The molecular formula is C14H12ClN5O4. The topological polar surface area (TPSA) is 105 Å². The van der Waals surface area contributed by atoms with E-state index >= 15 is 0 Å². The molecule has 124 valence electrons. The number of nitro benzene ring substituents is 1. The number of aromatic nitrogens is 4. The largest absolute Gasteiger partial charge is 0.332 e. The van der Waals surface area contributed by atoms with Crippen LogP contribution in [0.5, 0.6) is 0 Å². The van der Waals surface area contributed by atoms with Gasteiger partial charge in [0, 0.05) is 26.2 Å². The van der Waals surface area contributed by atoms with Gasteiger partial charge in [-0.2, -0.15) is 0 Å². The predicted molar refractivity (Wildman–Crippen MR) is 87.4 cm³/mol. The lowest BCUT2D eigenvalue weighted by atomic mass is 10.2. The number of fused-ring (bicyclic) bond motifs is 1. The van der Waals surface area contributed by atoms with E-state index in [9.17, 15) is 19.7 Å². The van der Waals surface area contributed by atoms with Gasteiger partial charge in [0.05, 0.1) is 22.8 Å². The number of nitrogens with zero attached hydrogens (tertiary/aromatic N) is 5. The Morgan fingerprint density at radius 2 is 1.96 bits per heavy atom. The SMILES string of the molecule is Cn1c(=O)c2c(ncn2Cc2ccc([N+](=O)[O-])cc2Cl)n(C)c1=O. The van der Waals surface area contributed by atoms with Crippen molar-refractivity contribution in [2.75, 3.05) is 0 Å². The maximum Gasteiger partial charge on any atom is 0.332 e. The van der Waals surface area contributed by atoms with Gasteiger partial charge in [-0.15, -0.1) is 0 Å². The normalized spacial score (nSPS) is 11.1. The fourth-order valence-corrected chi connectivity index (χ4v) is 2.71. The van der Waals surface area contributed by atoms with Gasteiger partial charge in [0.15, 0.2) is 11.2 Å². The first-order valence-corrected chi connectivity index (χ1v) is 7.22.